The average molecular weight is 208 g/mol. The maximum atomic E-state index is 11.7. The van der Waals surface area contributed by atoms with Gasteiger partial charge in [0, 0.05) is 12.4 Å². The van der Waals surface area contributed by atoms with Crippen molar-refractivity contribution in [1.82, 2.24) is 15.2 Å². The van der Waals surface area contributed by atoms with E-state index in [4.69, 9.17) is 11.6 Å². The molecule has 0 saturated heterocycles. The number of H-pyrrole nitrogens is 1. The first-order chi connectivity index (χ1) is 6.77. The summed E-state index contributed by atoms with van der Waals surface area (Å²) in [5.74, 6) is -0.171. The van der Waals surface area contributed by atoms with Gasteiger partial charge in [0.1, 0.15) is 5.69 Å². The number of nitrogens with zero attached hydrogens (tertiary/aromatic N) is 2. The second kappa shape index (κ2) is 3.59. The summed E-state index contributed by atoms with van der Waals surface area (Å²) in [7, 11) is 0. The monoisotopic (exact) mass is 207 g/mol. The molecule has 0 atom stereocenters. The number of hydrogen-bond acceptors (Lipinski definition) is 3. The zero-order valence-corrected chi connectivity index (χ0v) is 7.82. The van der Waals surface area contributed by atoms with E-state index in [-0.39, 0.29) is 5.78 Å². The molecule has 2 aromatic rings. The maximum absolute atomic E-state index is 11.7. The molecule has 0 amide bonds. The van der Waals surface area contributed by atoms with E-state index in [0.29, 0.717) is 16.3 Å². The zero-order chi connectivity index (χ0) is 9.97. The molecule has 0 spiro atoms. The van der Waals surface area contributed by atoms with E-state index in [1.54, 1.807) is 12.1 Å². The summed E-state index contributed by atoms with van der Waals surface area (Å²) in [4.78, 5) is 15.6. The molecule has 0 aliphatic heterocycles. The Hall–Kier alpha value is -1.68. The van der Waals surface area contributed by atoms with Crippen molar-refractivity contribution in [2.45, 2.75) is 0 Å². The Balaban J connectivity index is 2.33. The number of aromatic amines is 1. The second-order valence-electron chi connectivity index (χ2n) is 2.68. The van der Waals surface area contributed by atoms with Crippen LogP contribution in [0.5, 0.6) is 0 Å². The Kier molecular flexibility index (Phi) is 2.28. The van der Waals surface area contributed by atoms with E-state index in [2.05, 4.69) is 15.2 Å². The van der Waals surface area contributed by atoms with Crippen LogP contribution >= 0.6 is 11.6 Å². The van der Waals surface area contributed by atoms with Crippen LogP contribution in [0.1, 0.15) is 16.1 Å². The Morgan fingerprint density at radius 3 is 2.79 bits per heavy atom. The summed E-state index contributed by atoms with van der Waals surface area (Å²) < 4.78 is 0. The van der Waals surface area contributed by atoms with Gasteiger partial charge in [-0.25, -0.2) is 0 Å². The lowest BCUT2D eigenvalue weighted by molar-refractivity contribution is 0.103. The lowest BCUT2D eigenvalue weighted by Crippen LogP contribution is -2.01. The lowest BCUT2D eigenvalue weighted by atomic mass is 10.1. The molecule has 0 aliphatic carbocycles. The summed E-state index contributed by atoms with van der Waals surface area (Å²) in [6.45, 7) is 0. The van der Waals surface area contributed by atoms with Gasteiger partial charge >= 0.3 is 0 Å². The van der Waals surface area contributed by atoms with Crippen molar-refractivity contribution in [3.63, 3.8) is 0 Å². The third kappa shape index (κ3) is 1.65. The highest BCUT2D eigenvalue weighted by Crippen LogP contribution is 2.09. The van der Waals surface area contributed by atoms with Crippen LogP contribution in [0.15, 0.2) is 30.7 Å². The van der Waals surface area contributed by atoms with Gasteiger partial charge in [0.2, 0.25) is 5.78 Å². The first-order valence-corrected chi connectivity index (χ1v) is 4.30. The molecule has 2 heterocycles. The van der Waals surface area contributed by atoms with Crippen LogP contribution in [0, 0.1) is 0 Å². The fourth-order valence-corrected chi connectivity index (χ4v) is 1.14. The van der Waals surface area contributed by atoms with Crippen molar-refractivity contribution in [2.75, 3.05) is 0 Å². The van der Waals surface area contributed by atoms with Crippen LogP contribution in [-0.2, 0) is 0 Å². The number of halogens is 1. The largest absolute Gasteiger partial charge is 0.287 e. The molecule has 0 unspecified atom stereocenters. The fraction of sp³-hybridized carbons (Fsp3) is 0. The van der Waals surface area contributed by atoms with E-state index >= 15 is 0 Å². The summed E-state index contributed by atoms with van der Waals surface area (Å²) in [5.41, 5.74) is 0.843. The minimum absolute atomic E-state index is 0.171. The standard InChI is InChI=1S/C9H6ClN3O/c10-7-1-2-8(11-5-7)9(14)6-3-12-13-4-6/h1-5H,(H,12,13). The molecule has 14 heavy (non-hydrogen) atoms. The molecule has 4 nitrogen and oxygen atoms in total. The van der Waals surface area contributed by atoms with Crippen molar-refractivity contribution in [3.05, 3.63) is 47.0 Å². The molecule has 5 heteroatoms. The molecule has 0 aliphatic rings. The highest BCUT2D eigenvalue weighted by Gasteiger charge is 2.10. The summed E-state index contributed by atoms with van der Waals surface area (Å²) >= 11 is 5.65. The van der Waals surface area contributed by atoms with Crippen LogP contribution in [0.4, 0.5) is 0 Å². The first-order valence-electron chi connectivity index (χ1n) is 3.92. The van der Waals surface area contributed by atoms with Crippen LogP contribution in [0.25, 0.3) is 0 Å². The summed E-state index contributed by atoms with van der Waals surface area (Å²) in [6, 6.07) is 3.21. The van der Waals surface area contributed by atoms with E-state index in [0.717, 1.165) is 0 Å². The molecule has 0 fully saturated rings. The van der Waals surface area contributed by atoms with Gasteiger partial charge in [0.25, 0.3) is 0 Å². The Morgan fingerprint density at radius 2 is 2.21 bits per heavy atom. The molecule has 0 radical (unpaired) electrons. The number of nitrogens with one attached hydrogen (secondary N) is 1. The number of carbonyl (C=O) groups is 1. The predicted octanol–water partition coefficient (Wildman–Crippen LogP) is 1.69. The first kappa shape index (κ1) is 8.90. The van der Waals surface area contributed by atoms with Gasteiger partial charge in [0.05, 0.1) is 16.8 Å². The minimum atomic E-state index is -0.171. The van der Waals surface area contributed by atoms with Gasteiger partial charge < -0.3 is 0 Å². The fourth-order valence-electron chi connectivity index (χ4n) is 1.03. The van der Waals surface area contributed by atoms with Crippen molar-refractivity contribution in [2.24, 2.45) is 0 Å². The van der Waals surface area contributed by atoms with Gasteiger partial charge in [-0.15, -0.1) is 0 Å². The molecule has 70 valence electrons. The Bertz CT molecular complexity index is 436. The lowest BCUT2D eigenvalue weighted by Gasteiger charge is -1.95. The van der Waals surface area contributed by atoms with Crippen LogP contribution in [0.3, 0.4) is 0 Å². The zero-order valence-electron chi connectivity index (χ0n) is 7.07. The van der Waals surface area contributed by atoms with E-state index in [1.165, 1.54) is 18.6 Å². The number of carbonyl (C=O) groups excluding carboxylic acids is 1. The second-order valence-corrected chi connectivity index (χ2v) is 3.11. The average Bonchev–Trinajstić information content (AvgIpc) is 2.71. The van der Waals surface area contributed by atoms with Crippen molar-refractivity contribution in [3.8, 4) is 0 Å². The third-order valence-electron chi connectivity index (χ3n) is 1.72. The number of rotatable bonds is 2. The summed E-state index contributed by atoms with van der Waals surface area (Å²) in [6.07, 6.45) is 4.42. The smallest absolute Gasteiger partial charge is 0.214 e. The number of pyridine rings is 1. The van der Waals surface area contributed by atoms with Gasteiger partial charge in [-0.3, -0.25) is 14.9 Å². The topological polar surface area (TPSA) is 58.6 Å². The normalized spacial score (nSPS) is 10.1. The van der Waals surface area contributed by atoms with Crippen LogP contribution in [-0.4, -0.2) is 21.0 Å². The SMILES string of the molecule is O=C(c1cn[nH]c1)c1ccc(Cl)cn1. The van der Waals surface area contributed by atoms with Gasteiger partial charge in [0.15, 0.2) is 0 Å². The molecule has 2 rings (SSSR count). The predicted molar refractivity (Wildman–Crippen MR) is 51.3 cm³/mol. The quantitative estimate of drug-likeness (QED) is 0.763. The van der Waals surface area contributed by atoms with E-state index in [1.807, 2.05) is 0 Å². The Labute approximate surface area is 84.9 Å². The van der Waals surface area contributed by atoms with Crippen molar-refractivity contribution >= 4 is 17.4 Å². The van der Waals surface area contributed by atoms with E-state index < -0.39 is 0 Å². The third-order valence-corrected chi connectivity index (χ3v) is 1.94. The Morgan fingerprint density at radius 1 is 1.36 bits per heavy atom. The van der Waals surface area contributed by atoms with Crippen LogP contribution in [0.2, 0.25) is 5.02 Å². The van der Waals surface area contributed by atoms with Crippen molar-refractivity contribution < 1.29 is 4.79 Å². The molecular formula is C9H6ClN3O. The van der Waals surface area contributed by atoms with Gasteiger partial charge in [-0.1, -0.05) is 11.6 Å². The van der Waals surface area contributed by atoms with Gasteiger partial charge in [-0.2, -0.15) is 5.10 Å². The van der Waals surface area contributed by atoms with E-state index in [9.17, 15) is 4.79 Å². The number of aromatic nitrogens is 3. The minimum Gasteiger partial charge on any atom is -0.287 e. The molecule has 2 aromatic heterocycles. The van der Waals surface area contributed by atoms with Crippen LogP contribution < -0.4 is 0 Å². The molecule has 0 aromatic carbocycles. The number of hydrogen-bond donors (Lipinski definition) is 1. The molecule has 0 saturated carbocycles. The molecular weight excluding hydrogens is 202 g/mol. The highest BCUT2D eigenvalue weighted by atomic mass is 35.5. The van der Waals surface area contributed by atoms with Crippen molar-refractivity contribution in [1.29, 1.82) is 0 Å². The van der Waals surface area contributed by atoms with Gasteiger partial charge in [-0.05, 0) is 12.1 Å². The molecule has 0 bridgehead atoms. The number of ketones is 1. The highest BCUT2D eigenvalue weighted by molar-refractivity contribution is 6.30. The molecule has 1 N–H and O–H groups in total. The summed E-state index contributed by atoms with van der Waals surface area (Å²) in [5, 5.41) is 6.76. The maximum Gasteiger partial charge on any atom is 0.214 e.